The van der Waals surface area contributed by atoms with Gasteiger partial charge in [0.15, 0.2) is 11.5 Å². The number of hydrazine groups is 1. The van der Waals surface area contributed by atoms with Gasteiger partial charge in [-0.3, -0.25) is 20.3 Å². The van der Waals surface area contributed by atoms with Gasteiger partial charge in [-0.25, -0.2) is 8.42 Å². The summed E-state index contributed by atoms with van der Waals surface area (Å²) in [6.07, 6.45) is 0.851. The molecule has 10 nitrogen and oxygen atoms in total. The lowest BCUT2D eigenvalue weighted by molar-refractivity contribution is -0.385. The Balaban J connectivity index is 2.17. The van der Waals surface area contributed by atoms with E-state index in [0.717, 1.165) is 12.5 Å². The van der Waals surface area contributed by atoms with E-state index in [1.54, 1.807) is 13.0 Å². The highest BCUT2D eigenvalue weighted by Crippen LogP contribution is 2.29. The van der Waals surface area contributed by atoms with Gasteiger partial charge >= 0.3 is 0 Å². The van der Waals surface area contributed by atoms with Crippen molar-refractivity contribution in [2.24, 2.45) is 5.92 Å². The van der Waals surface area contributed by atoms with E-state index < -0.39 is 20.9 Å². The van der Waals surface area contributed by atoms with Crippen molar-refractivity contribution in [2.45, 2.75) is 39.0 Å². The highest BCUT2D eigenvalue weighted by atomic mass is 32.2. The van der Waals surface area contributed by atoms with Gasteiger partial charge in [0.25, 0.3) is 21.6 Å². The van der Waals surface area contributed by atoms with E-state index in [4.69, 9.17) is 9.47 Å². The summed E-state index contributed by atoms with van der Waals surface area (Å²) in [4.78, 5) is 24.6. The van der Waals surface area contributed by atoms with Crippen LogP contribution in [0, 0.1) is 29.9 Å². The zero-order valence-electron chi connectivity index (χ0n) is 18.6. The van der Waals surface area contributed by atoms with Gasteiger partial charge in [0, 0.05) is 17.7 Å². The van der Waals surface area contributed by atoms with Crippen LogP contribution in [0.4, 0.5) is 5.69 Å². The van der Waals surface area contributed by atoms with E-state index >= 15 is 0 Å². The molecule has 2 rings (SSSR count). The summed E-state index contributed by atoms with van der Waals surface area (Å²) in [5.74, 6) is 0.528. The van der Waals surface area contributed by atoms with Gasteiger partial charge in [-0.2, -0.15) is 0 Å². The molecule has 2 aromatic carbocycles. The van der Waals surface area contributed by atoms with E-state index in [9.17, 15) is 23.3 Å². The number of sulfonamides is 1. The summed E-state index contributed by atoms with van der Waals surface area (Å²) in [5, 5.41) is 11.1. The Morgan fingerprint density at radius 3 is 2.44 bits per heavy atom. The fourth-order valence-corrected chi connectivity index (χ4v) is 3.94. The van der Waals surface area contributed by atoms with Crippen LogP contribution in [0.25, 0.3) is 0 Å². The average molecular weight is 466 g/mol. The van der Waals surface area contributed by atoms with Crippen molar-refractivity contribution < 1.29 is 27.6 Å². The predicted molar refractivity (Wildman–Crippen MR) is 118 cm³/mol. The van der Waals surface area contributed by atoms with Gasteiger partial charge in [0.05, 0.1) is 23.5 Å². The average Bonchev–Trinajstić information content (AvgIpc) is 2.73. The van der Waals surface area contributed by atoms with Crippen LogP contribution < -0.4 is 19.7 Å². The monoisotopic (exact) mass is 465 g/mol. The maximum Gasteiger partial charge on any atom is 0.271 e. The lowest BCUT2D eigenvalue weighted by atomic mass is 10.1. The molecule has 174 valence electrons. The molecule has 0 aromatic heterocycles. The van der Waals surface area contributed by atoms with Crippen LogP contribution in [-0.2, 0) is 10.0 Å². The van der Waals surface area contributed by atoms with Crippen molar-refractivity contribution >= 4 is 21.6 Å². The first-order valence-electron chi connectivity index (χ1n) is 9.85. The van der Waals surface area contributed by atoms with E-state index in [1.165, 1.54) is 32.2 Å². The summed E-state index contributed by atoms with van der Waals surface area (Å²) in [6, 6.07) is 6.69. The second-order valence-corrected chi connectivity index (χ2v) is 9.25. The van der Waals surface area contributed by atoms with Crippen molar-refractivity contribution in [3.63, 3.8) is 0 Å². The molecule has 0 bridgehead atoms. The number of benzene rings is 2. The maximum absolute atomic E-state index is 12.7. The fraction of sp³-hybridized carbons (Fsp3) is 0.381. The van der Waals surface area contributed by atoms with Gasteiger partial charge in [-0.15, -0.1) is 4.83 Å². The molecule has 0 fully saturated rings. The minimum atomic E-state index is -4.26. The molecule has 0 heterocycles. The quantitative estimate of drug-likeness (QED) is 0.406. The van der Waals surface area contributed by atoms with Gasteiger partial charge in [-0.1, -0.05) is 13.8 Å². The van der Waals surface area contributed by atoms with E-state index in [0.29, 0.717) is 35.2 Å². The number of hydrogen-bond acceptors (Lipinski definition) is 7. The third-order valence-electron chi connectivity index (χ3n) is 4.78. The van der Waals surface area contributed by atoms with Crippen molar-refractivity contribution in [1.82, 2.24) is 10.3 Å². The molecule has 0 radical (unpaired) electrons. The molecule has 0 saturated carbocycles. The van der Waals surface area contributed by atoms with Crippen LogP contribution >= 0.6 is 0 Å². The lowest BCUT2D eigenvalue weighted by Gasteiger charge is -2.14. The smallest absolute Gasteiger partial charge is 0.271 e. The standard InChI is InChI=1S/C21H27N3O7S/c1-13(2)8-9-31-18-7-6-16(11-19(18)30-5)21(25)22-23-32(28,29)20-12-17(24(26)27)10-14(3)15(20)4/h6-7,10-13,23H,8-9H2,1-5H3,(H,22,25). The zero-order valence-corrected chi connectivity index (χ0v) is 19.4. The Kier molecular flexibility index (Phi) is 8.17. The minimum absolute atomic E-state index is 0.132. The Bertz CT molecular complexity index is 1110. The number of amides is 1. The molecule has 0 unspecified atom stereocenters. The SMILES string of the molecule is COc1cc(C(=O)NNS(=O)(=O)c2cc([N+](=O)[O-])cc(C)c2C)ccc1OCCC(C)C. The number of nitro benzene ring substituents is 1. The second-order valence-electron chi connectivity index (χ2n) is 7.60. The van der Waals surface area contributed by atoms with Crippen LogP contribution in [-0.4, -0.2) is 33.0 Å². The molecule has 0 saturated heterocycles. The Labute approximate surface area is 187 Å². The number of carbonyl (C=O) groups is 1. The van der Waals surface area contributed by atoms with Crippen LogP contribution in [0.1, 0.15) is 41.8 Å². The summed E-state index contributed by atoms with van der Waals surface area (Å²) in [5.41, 5.74) is 2.66. The van der Waals surface area contributed by atoms with Gasteiger partial charge < -0.3 is 9.47 Å². The number of non-ortho nitro benzene ring substituents is 1. The number of nitrogens with zero attached hydrogens (tertiary/aromatic N) is 1. The normalized spacial score (nSPS) is 11.3. The molecular formula is C21H27N3O7S. The van der Waals surface area contributed by atoms with Crippen molar-refractivity contribution in [3.05, 3.63) is 57.1 Å². The Morgan fingerprint density at radius 2 is 1.84 bits per heavy atom. The van der Waals surface area contributed by atoms with E-state index in [1.807, 2.05) is 4.83 Å². The fourth-order valence-electron chi connectivity index (χ4n) is 2.77. The molecule has 2 aromatic rings. The number of nitrogens with one attached hydrogen (secondary N) is 2. The van der Waals surface area contributed by atoms with Crippen molar-refractivity contribution in [3.8, 4) is 11.5 Å². The summed E-state index contributed by atoms with van der Waals surface area (Å²) >= 11 is 0. The molecule has 0 aliphatic rings. The first kappa shape index (κ1) is 25.1. The highest BCUT2D eigenvalue weighted by molar-refractivity contribution is 7.89. The molecule has 0 spiro atoms. The Hall–Kier alpha value is -3.18. The Morgan fingerprint density at radius 1 is 1.16 bits per heavy atom. The molecule has 11 heteroatoms. The van der Waals surface area contributed by atoms with E-state index in [-0.39, 0.29) is 16.1 Å². The first-order chi connectivity index (χ1) is 15.0. The number of rotatable bonds is 10. The van der Waals surface area contributed by atoms with Crippen LogP contribution in [0.2, 0.25) is 0 Å². The molecule has 0 atom stereocenters. The van der Waals surface area contributed by atoms with Gasteiger partial charge in [-0.05, 0) is 55.5 Å². The number of ether oxygens (including phenoxy) is 2. The third-order valence-corrected chi connectivity index (χ3v) is 6.16. The number of hydrogen-bond donors (Lipinski definition) is 2. The third kappa shape index (κ3) is 6.17. The lowest BCUT2D eigenvalue weighted by Crippen LogP contribution is -2.41. The van der Waals surface area contributed by atoms with E-state index in [2.05, 4.69) is 19.3 Å². The van der Waals surface area contributed by atoms with Crippen molar-refractivity contribution in [1.29, 1.82) is 0 Å². The molecular weight excluding hydrogens is 438 g/mol. The molecule has 1 amide bonds. The number of nitro groups is 1. The highest BCUT2D eigenvalue weighted by Gasteiger charge is 2.23. The first-order valence-corrected chi connectivity index (χ1v) is 11.3. The molecule has 0 aliphatic heterocycles. The molecule has 0 aliphatic carbocycles. The summed E-state index contributed by atoms with van der Waals surface area (Å²) < 4.78 is 36.3. The molecule has 2 N–H and O–H groups in total. The van der Waals surface area contributed by atoms with Crippen LogP contribution in [0.3, 0.4) is 0 Å². The summed E-state index contributed by atoms with van der Waals surface area (Å²) in [7, 11) is -2.83. The second kappa shape index (κ2) is 10.4. The van der Waals surface area contributed by atoms with Gasteiger partial charge in [0.2, 0.25) is 0 Å². The maximum atomic E-state index is 12.7. The molecule has 32 heavy (non-hydrogen) atoms. The summed E-state index contributed by atoms with van der Waals surface area (Å²) in [6.45, 7) is 7.73. The van der Waals surface area contributed by atoms with Gasteiger partial charge in [0.1, 0.15) is 0 Å². The number of aryl methyl sites for hydroxylation is 1. The minimum Gasteiger partial charge on any atom is -0.493 e. The largest absolute Gasteiger partial charge is 0.493 e. The van der Waals surface area contributed by atoms with Crippen molar-refractivity contribution in [2.75, 3.05) is 13.7 Å². The number of carbonyl (C=O) groups excluding carboxylic acids is 1. The van der Waals surface area contributed by atoms with Crippen LogP contribution in [0.5, 0.6) is 11.5 Å². The zero-order chi connectivity index (χ0) is 24.1. The number of methoxy groups -OCH3 is 1. The predicted octanol–water partition coefficient (Wildman–Crippen LogP) is 3.27. The van der Waals surface area contributed by atoms with Crippen LogP contribution in [0.15, 0.2) is 35.2 Å². The topological polar surface area (TPSA) is 137 Å².